The van der Waals surface area contributed by atoms with Gasteiger partial charge in [-0.3, -0.25) is 14.5 Å². The molecular formula is C14H28N2O3. The van der Waals surface area contributed by atoms with Crippen LogP contribution in [0, 0.1) is 0 Å². The van der Waals surface area contributed by atoms with E-state index in [1.165, 1.54) is 0 Å². The first kappa shape index (κ1) is 17.9. The number of carboxylic acid groups (broad SMARTS) is 1. The summed E-state index contributed by atoms with van der Waals surface area (Å²) in [5.41, 5.74) is 0. The molecule has 0 aliphatic carbocycles. The number of carbonyl (C=O) groups is 2. The molecule has 0 aromatic carbocycles. The van der Waals surface area contributed by atoms with E-state index < -0.39 is 12.0 Å². The summed E-state index contributed by atoms with van der Waals surface area (Å²) in [5.74, 6) is -0.895. The van der Waals surface area contributed by atoms with Gasteiger partial charge in [-0.25, -0.2) is 0 Å². The van der Waals surface area contributed by atoms with E-state index >= 15 is 0 Å². The lowest BCUT2D eigenvalue weighted by atomic mass is 10.1. The van der Waals surface area contributed by atoms with Crippen LogP contribution in [0.5, 0.6) is 0 Å². The zero-order valence-corrected chi connectivity index (χ0v) is 13.0. The van der Waals surface area contributed by atoms with Crippen LogP contribution in [0.3, 0.4) is 0 Å². The summed E-state index contributed by atoms with van der Waals surface area (Å²) in [5, 5.41) is 8.93. The second-order valence-electron chi connectivity index (χ2n) is 5.47. The number of rotatable bonds is 8. The van der Waals surface area contributed by atoms with Gasteiger partial charge in [-0.15, -0.1) is 0 Å². The zero-order valence-electron chi connectivity index (χ0n) is 13.0. The molecule has 1 N–H and O–H groups in total. The first-order valence-corrected chi connectivity index (χ1v) is 7.00. The molecular weight excluding hydrogens is 244 g/mol. The number of nitrogens with zero attached hydrogens (tertiary/aromatic N) is 2. The lowest BCUT2D eigenvalue weighted by Gasteiger charge is -2.36. The van der Waals surface area contributed by atoms with Gasteiger partial charge >= 0.3 is 5.97 Å². The molecule has 0 bridgehead atoms. The van der Waals surface area contributed by atoms with Crippen LogP contribution in [0.4, 0.5) is 0 Å². The van der Waals surface area contributed by atoms with Crippen molar-refractivity contribution in [2.45, 2.75) is 66.1 Å². The maximum Gasteiger partial charge on any atom is 0.317 e. The van der Waals surface area contributed by atoms with Gasteiger partial charge in [0.25, 0.3) is 0 Å². The Bertz CT molecular complexity index is 295. The Morgan fingerprint density at radius 3 is 1.84 bits per heavy atom. The highest BCUT2D eigenvalue weighted by Crippen LogP contribution is 2.12. The average Bonchev–Trinajstić information content (AvgIpc) is 2.25. The molecule has 0 radical (unpaired) electrons. The van der Waals surface area contributed by atoms with Gasteiger partial charge in [-0.05, 0) is 47.6 Å². The number of aliphatic carboxylic acids is 1. The third-order valence-electron chi connectivity index (χ3n) is 3.12. The second-order valence-corrected chi connectivity index (χ2v) is 5.47. The molecule has 1 atom stereocenters. The van der Waals surface area contributed by atoms with Gasteiger partial charge in [-0.2, -0.15) is 0 Å². The van der Waals surface area contributed by atoms with Crippen LogP contribution in [0.15, 0.2) is 0 Å². The molecule has 19 heavy (non-hydrogen) atoms. The van der Waals surface area contributed by atoms with Crippen LogP contribution < -0.4 is 0 Å². The lowest BCUT2D eigenvalue weighted by molar-refractivity contribution is -0.144. The van der Waals surface area contributed by atoms with Crippen molar-refractivity contribution < 1.29 is 14.7 Å². The molecule has 0 aromatic rings. The van der Waals surface area contributed by atoms with E-state index in [1.54, 1.807) is 11.8 Å². The van der Waals surface area contributed by atoms with Crippen LogP contribution in [0.25, 0.3) is 0 Å². The Labute approximate surface area is 116 Å². The number of carboxylic acids is 1. The number of hydrogen-bond acceptors (Lipinski definition) is 3. The zero-order chi connectivity index (χ0) is 15.2. The van der Waals surface area contributed by atoms with Gasteiger partial charge in [0.1, 0.15) is 0 Å². The minimum absolute atomic E-state index is 0.000278. The Kier molecular flexibility index (Phi) is 7.68. The maximum absolute atomic E-state index is 12.5. The third kappa shape index (κ3) is 5.59. The predicted molar refractivity (Wildman–Crippen MR) is 76.1 cm³/mol. The molecule has 0 saturated heterocycles. The fourth-order valence-electron chi connectivity index (χ4n) is 2.35. The molecule has 0 spiro atoms. The Balaban J connectivity index is 4.95. The molecule has 5 nitrogen and oxygen atoms in total. The molecule has 0 aliphatic heterocycles. The summed E-state index contributed by atoms with van der Waals surface area (Å²) in [7, 11) is 0. The van der Waals surface area contributed by atoms with E-state index in [9.17, 15) is 9.59 Å². The molecule has 112 valence electrons. The first-order valence-electron chi connectivity index (χ1n) is 7.00. The molecule has 5 heteroatoms. The van der Waals surface area contributed by atoms with Crippen LogP contribution in [0.2, 0.25) is 0 Å². The van der Waals surface area contributed by atoms with Gasteiger partial charge in [0.15, 0.2) is 0 Å². The third-order valence-corrected chi connectivity index (χ3v) is 3.12. The minimum Gasteiger partial charge on any atom is -0.480 e. The van der Waals surface area contributed by atoms with Crippen molar-refractivity contribution in [3.05, 3.63) is 0 Å². The van der Waals surface area contributed by atoms with E-state index in [4.69, 9.17) is 5.11 Å². The van der Waals surface area contributed by atoms with Crippen LogP contribution >= 0.6 is 0 Å². The maximum atomic E-state index is 12.5. The van der Waals surface area contributed by atoms with Crippen molar-refractivity contribution >= 4 is 11.9 Å². The van der Waals surface area contributed by atoms with Crippen LogP contribution in [-0.4, -0.2) is 58.0 Å². The predicted octanol–water partition coefficient (Wildman–Crippen LogP) is 1.82. The standard InChI is InChI=1S/C14H28N2O3/c1-7-8-15(9-13(17)18)12(6)14(19)16(10(2)3)11(4)5/h10-12H,7-9H2,1-6H3,(H,17,18). The van der Waals surface area contributed by atoms with E-state index in [0.717, 1.165) is 6.42 Å². The summed E-state index contributed by atoms with van der Waals surface area (Å²) in [6, 6.07) is -0.174. The Hall–Kier alpha value is -1.10. The SMILES string of the molecule is CCCN(CC(=O)O)C(C)C(=O)N(C(C)C)C(C)C. The molecule has 0 rings (SSSR count). The fraction of sp³-hybridized carbons (Fsp3) is 0.857. The lowest BCUT2D eigenvalue weighted by Crippen LogP contribution is -2.53. The van der Waals surface area contributed by atoms with Crippen molar-refractivity contribution in [1.29, 1.82) is 0 Å². The van der Waals surface area contributed by atoms with Gasteiger partial charge < -0.3 is 10.0 Å². The van der Waals surface area contributed by atoms with Crippen molar-refractivity contribution in [3.8, 4) is 0 Å². The molecule has 0 aliphatic rings. The number of hydrogen-bond donors (Lipinski definition) is 1. The topological polar surface area (TPSA) is 60.9 Å². The van der Waals surface area contributed by atoms with Crippen molar-refractivity contribution in [2.75, 3.05) is 13.1 Å². The molecule has 1 amide bonds. The smallest absolute Gasteiger partial charge is 0.317 e. The fourth-order valence-corrected chi connectivity index (χ4v) is 2.35. The number of amides is 1. The Morgan fingerprint density at radius 2 is 1.53 bits per heavy atom. The summed E-state index contributed by atoms with van der Waals surface area (Å²) < 4.78 is 0. The van der Waals surface area contributed by atoms with Gasteiger partial charge in [0.2, 0.25) is 5.91 Å². The molecule has 0 saturated carbocycles. The average molecular weight is 272 g/mol. The van der Waals surface area contributed by atoms with E-state index in [-0.39, 0.29) is 24.5 Å². The van der Waals surface area contributed by atoms with Crippen LogP contribution in [-0.2, 0) is 9.59 Å². The molecule has 1 unspecified atom stereocenters. The normalized spacial score (nSPS) is 13.1. The second kappa shape index (κ2) is 8.15. The first-order chi connectivity index (χ1) is 8.72. The van der Waals surface area contributed by atoms with Crippen molar-refractivity contribution in [2.24, 2.45) is 0 Å². The molecule has 0 heterocycles. The highest BCUT2D eigenvalue weighted by molar-refractivity contribution is 5.82. The summed E-state index contributed by atoms with van der Waals surface area (Å²) in [6.07, 6.45) is 0.828. The quantitative estimate of drug-likeness (QED) is 0.732. The molecule has 0 aromatic heterocycles. The van der Waals surface area contributed by atoms with Gasteiger partial charge in [0.05, 0.1) is 12.6 Å². The van der Waals surface area contributed by atoms with Gasteiger partial charge in [0, 0.05) is 12.1 Å². The summed E-state index contributed by atoms with van der Waals surface area (Å²) in [4.78, 5) is 26.9. The van der Waals surface area contributed by atoms with E-state index in [1.807, 2.05) is 39.5 Å². The van der Waals surface area contributed by atoms with Crippen molar-refractivity contribution in [3.63, 3.8) is 0 Å². The van der Waals surface area contributed by atoms with Crippen molar-refractivity contribution in [1.82, 2.24) is 9.80 Å². The highest BCUT2D eigenvalue weighted by atomic mass is 16.4. The minimum atomic E-state index is -0.895. The Morgan fingerprint density at radius 1 is 1.05 bits per heavy atom. The summed E-state index contributed by atoms with van der Waals surface area (Å²) >= 11 is 0. The van der Waals surface area contributed by atoms with E-state index in [2.05, 4.69) is 0 Å². The van der Waals surface area contributed by atoms with E-state index in [0.29, 0.717) is 6.54 Å². The largest absolute Gasteiger partial charge is 0.480 e. The molecule has 0 fully saturated rings. The number of carbonyl (C=O) groups excluding carboxylic acids is 1. The summed E-state index contributed by atoms with van der Waals surface area (Å²) in [6.45, 7) is 12.2. The highest BCUT2D eigenvalue weighted by Gasteiger charge is 2.29. The monoisotopic (exact) mass is 272 g/mol. The van der Waals surface area contributed by atoms with Crippen LogP contribution in [0.1, 0.15) is 48.0 Å². The van der Waals surface area contributed by atoms with Gasteiger partial charge in [-0.1, -0.05) is 6.92 Å².